The third-order valence-electron chi connectivity index (χ3n) is 4.91. The second-order valence-corrected chi connectivity index (χ2v) is 6.69. The van der Waals surface area contributed by atoms with Crippen molar-refractivity contribution < 1.29 is 9.59 Å². The maximum atomic E-state index is 12.5. The van der Waals surface area contributed by atoms with Gasteiger partial charge in [-0.15, -0.1) is 0 Å². The van der Waals surface area contributed by atoms with Gasteiger partial charge in [0.05, 0.1) is 6.04 Å². The van der Waals surface area contributed by atoms with Gasteiger partial charge in [0.1, 0.15) is 0 Å². The lowest BCUT2D eigenvalue weighted by molar-refractivity contribution is -0.116. The Balaban J connectivity index is 1.87. The van der Waals surface area contributed by atoms with Gasteiger partial charge in [-0.1, -0.05) is 68.8 Å². The molecule has 0 bridgehead atoms. The lowest BCUT2D eigenvalue weighted by Crippen LogP contribution is -2.44. The molecule has 1 aliphatic heterocycles. The Hall–Kier alpha value is -2.88. The van der Waals surface area contributed by atoms with E-state index in [4.69, 9.17) is 0 Å². The molecular formula is C22H24N2O2. The van der Waals surface area contributed by atoms with E-state index in [-0.39, 0.29) is 23.8 Å². The number of benzene rings is 2. The van der Waals surface area contributed by atoms with Crippen molar-refractivity contribution in [2.24, 2.45) is 5.92 Å². The van der Waals surface area contributed by atoms with Crippen molar-refractivity contribution in [2.75, 3.05) is 0 Å². The summed E-state index contributed by atoms with van der Waals surface area (Å²) in [5.41, 5.74) is 3.39. The summed E-state index contributed by atoms with van der Waals surface area (Å²) in [6.45, 7) is 4.66. The van der Waals surface area contributed by atoms with Gasteiger partial charge < -0.3 is 10.6 Å². The normalized spacial score (nSPS) is 18.8. The van der Waals surface area contributed by atoms with Gasteiger partial charge in [0, 0.05) is 18.2 Å². The molecule has 2 atom stereocenters. The van der Waals surface area contributed by atoms with E-state index in [1.54, 1.807) is 12.1 Å². The first-order chi connectivity index (χ1) is 12.6. The number of carbonyl (C=O) groups is 2. The first kappa shape index (κ1) is 17.9. The van der Waals surface area contributed by atoms with Crippen molar-refractivity contribution in [2.45, 2.75) is 32.9 Å². The van der Waals surface area contributed by atoms with Gasteiger partial charge in [0.15, 0.2) is 0 Å². The Kier molecular flexibility index (Phi) is 5.52. The monoisotopic (exact) mass is 348 g/mol. The van der Waals surface area contributed by atoms with Crippen molar-refractivity contribution >= 4 is 17.4 Å². The van der Waals surface area contributed by atoms with Crippen LogP contribution in [-0.2, 0) is 11.3 Å². The van der Waals surface area contributed by atoms with Crippen molar-refractivity contribution in [3.63, 3.8) is 0 Å². The van der Waals surface area contributed by atoms with Crippen molar-refractivity contribution in [1.82, 2.24) is 10.6 Å². The Morgan fingerprint density at radius 2 is 1.77 bits per heavy atom. The number of amides is 2. The van der Waals surface area contributed by atoms with Gasteiger partial charge in [0.2, 0.25) is 5.91 Å². The Morgan fingerprint density at radius 1 is 1.12 bits per heavy atom. The van der Waals surface area contributed by atoms with Crippen LogP contribution >= 0.6 is 0 Å². The molecule has 0 aliphatic carbocycles. The molecule has 26 heavy (non-hydrogen) atoms. The molecule has 2 amide bonds. The van der Waals surface area contributed by atoms with Crippen molar-refractivity contribution in [3.8, 4) is 0 Å². The topological polar surface area (TPSA) is 58.2 Å². The molecule has 0 saturated heterocycles. The highest BCUT2D eigenvalue weighted by Crippen LogP contribution is 2.31. The van der Waals surface area contributed by atoms with Crippen LogP contribution in [0.25, 0.3) is 5.57 Å². The largest absolute Gasteiger partial charge is 0.348 e. The average Bonchev–Trinajstić information content (AvgIpc) is 2.68. The summed E-state index contributed by atoms with van der Waals surface area (Å²) in [7, 11) is 0. The summed E-state index contributed by atoms with van der Waals surface area (Å²) in [6, 6.07) is 17.1. The number of hydrogen-bond donors (Lipinski definition) is 2. The van der Waals surface area contributed by atoms with Gasteiger partial charge >= 0.3 is 0 Å². The predicted octanol–water partition coefficient (Wildman–Crippen LogP) is 3.54. The number of nitrogens with one attached hydrogen (secondary N) is 2. The summed E-state index contributed by atoms with van der Waals surface area (Å²) >= 11 is 0. The lowest BCUT2D eigenvalue weighted by Gasteiger charge is -2.32. The van der Waals surface area contributed by atoms with Crippen molar-refractivity contribution in [3.05, 3.63) is 77.4 Å². The molecule has 0 fully saturated rings. The van der Waals surface area contributed by atoms with Gasteiger partial charge in [-0.25, -0.2) is 0 Å². The zero-order valence-electron chi connectivity index (χ0n) is 15.2. The van der Waals surface area contributed by atoms with E-state index >= 15 is 0 Å². The highest BCUT2D eigenvalue weighted by Gasteiger charge is 2.31. The highest BCUT2D eigenvalue weighted by atomic mass is 16.2. The Morgan fingerprint density at radius 3 is 2.46 bits per heavy atom. The summed E-state index contributed by atoms with van der Waals surface area (Å²) < 4.78 is 0. The van der Waals surface area contributed by atoms with Gasteiger partial charge in [-0.3, -0.25) is 9.59 Å². The summed E-state index contributed by atoms with van der Waals surface area (Å²) in [5.74, 6) is 0.0105. The standard InChI is InChI=1S/C22H24N2O2/c1-3-15(2)21-19(17-11-7-8-12-18(17)22(26)24-21)13-20(25)23-14-16-9-5-4-6-10-16/h4-13,15,21H,3,14H2,1-2H3,(H,23,25)(H,24,26)/t15-,21-/m0/s1. The second-order valence-electron chi connectivity index (χ2n) is 6.69. The fourth-order valence-electron chi connectivity index (χ4n) is 3.23. The highest BCUT2D eigenvalue weighted by molar-refractivity contribution is 6.07. The Bertz CT molecular complexity index is 827. The quantitative estimate of drug-likeness (QED) is 0.812. The molecule has 2 aromatic rings. The minimum absolute atomic E-state index is 0.0762. The number of fused-ring (bicyclic) bond motifs is 1. The second kappa shape index (κ2) is 8.00. The smallest absolute Gasteiger partial charge is 0.252 e. The molecular weight excluding hydrogens is 324 g/mol. The fraction of sp³-hybridized carbons (Fsp3) is 0.273. The van der Waals surface area contributed by atoms with Crippen LogP contribution in [0.3, 0.4) is 0 Å². The molecule has 134 valence electrons. The molecule has 0 aromatic heterocycles. The third-order valence-corrected chi connectivity index (χ3v) is 4.91. The van der Waals surface area contributed by atoms with Crippen LogP contribution in [0.4, 0.5) is 0 Å². The van der Waals surface area contributed by atoms with Crippen LogP contribution in [0.2, 0.25) is 0 Å². The molecule has 4 nitrogen and oxygen atoms in total. The maximum Gasteiger partial charge on any atom is 0.252 e. The molecule has 0 radical (unpaired) electrons. The van der Waals surface area contributed by atoms with E-state index in [2.05, 4.69) is 24.5 Å². The van der Waals surface area contributed by atoms with E-state index in [1.807, 2.05) is 48.5 Å². The van der Waals surface area contributed by atoms with Crippen LogP contribution < -0.4 is 10.6 Å². The van der Waals surface area contributed by atoms with Crippen molar-refractivity contribution in [1.29, 1.82) is 0 Å². The van der Waals surface area contributed by atoms with E-state index in [1.165, 1.54) is 0 Å². The SMILES string of the molecule is CC[C@H](C)[C@@H]1NC(=O)c2ccccc2C1=CC(=O)NCc1ccccc1. The molecule has 4 heteroatoms. The molecule has 3 rings (SSSR count). The number of rotatable bonds is 5. The predicted molar refractivity (Wildman–Crippen MR) is 103 cm³/mol. The Labute approximate surface area is 154 Å². The summed E-state index contributed by atoms with van der Waals surface area (Å²) in [5, 5.41) is 6.00. The molecule has 1 aliphatic rings. The minimum atomic E-state index is -0.162. The first-order valence-electron chi connectivity index (χ1n) is 9.03. The van der Waals surface area contributed by atoms with E-state index in [0.29, 0.717) is 12.1 Å². The van der Waals surface area contributed by atoms with E-state index in [0.717, 1.165) is 23.1 Å². The third kappa shape index (κ3) is 3.85. The summed E-state index contributed by atoms with van der Waals surface area (Å²) in [6.07, 6.45) is 2.55. The van der Waals surface area contributed by atoms with E-state index < -0.39 is 0 Å². The van der Waals surface area contributed by atoms with Crippen LogP contribution in [0.1, 0.15) is 41.8 Å². The van der Waals surface area contributed by atoms with Crippen LogP contribution in [0.5, 0.6) is 0 Å². The molecule has 0 saturated carbocycles. The molecule has 2 aromatic carbocycles. The average molecular weight is 348 g/mol. The molecule has 1 heterocycles. The minimum Gasteiger partial charge on any atom is -0.348 e. The zero-order chi connectivity index (χ0) is 18.5. The van der Waals surface area contributed by atoms with Gasteiger partial charge in [-0.05, 0) is 28.7 Å². The molecule has 2 N–H and O–H groups in total. The van der Waals surface area contributed by atoms with Crippen LogP contribution in [0.15, 0.2) is 60.7 Å². The van der Waals surface area contributed by atoms with E-state index in [9.17, 15) is 9.59 Å². The lowest BCUT2D eigenvalue weighted by atomic mass is 9.82. The summed E-state index contributed by atoms with van der Waals surface area (Å²) in [4.78, 5) is 25.0. The maximum absolute atomic E-state index is 12.5. The van der Waals surface area contributed by atoms with Gasteiger partial charge in [-0.2, -0.15) is 0 Å². The molecule has 0 spiro atoms. The van der Waals surface area contributed by atoms with Crippen LogP contribution in [0, 0.1) is 5.92 Å². The van der Waals surface area contributed by atoms with Crippen LogP contribution in [-0.4, -0.2) is 17.9 Å². The zero-order valence-corrected chi connectivity index (χ0v) is 15.2. The first-order valence-corrected chi connectivity index (χ1v) is 9.03. The number of carbonyl (C=O) groups excluding carboxylic acids is 2. The van der Waals surface area contributed by atoms with Gasteiger partial charge in [0.25, 0.3) is 5.91 Å². The number of hydrogen-bond acceptors (Lipinski definition) is 2. The fourth-order valence-corrected chi connectivity index (χ4v) is 3.23. The molecule has 0 unspecified atom stereocenters.